The van der Waals surface area contributed by atoms with Crippen LogP contribution in [0.4, 0.5) is 10.7 Å². The quantitative estimate of drug-likeness (QED) is 0.744. The van der Waals surface area contributed by atoms with Crippen LogP contribution < -0.4 is 14.8 Å². The van der Waals surface area contributed by atoms with Gasteiger partial charge in [0, 0.05) is 5.56 Å². The lowest BCUT2D eigenvalue weighted by Gasteiger charge is -2.12. The van der Waals surface area contributed by atoms with E-state index < -0.39 is 22.3 Å². The summed E-state index contributed by atoms with van der Waals surface area (Å²) in [4.78, 5) is 23.6. The van der Waals surface area contributed by atoms with Crippen molar-refractivity contribution in [3.63, 3.8) is 0 Å². The maximum absolute atomic E-state index is 12.5. The Labute approximate surface area is 152 Å². The van der Waals surface area contributed by atoms with Gasteiger partial charge in [-0.05, 0) is 18.4 Å². The van der Waals surface area contributed by atoms with Crippen molar-refractivity contribution < 1.29 is 27.4 Å². The number of nitrogens with one attached hydrogen (secondary N) is 2. The van der Waals surface area contributed by atoms with Crippen LogP contribution >= 0.6 is 11.3 Å². The van der Waals surface area contributed by atoms with Crippen LogP contribution in [0.2, 0.25) is 0 Å². The molecule has 13 heteroatoms. The monoisotopic (exact) mass is 401 g/mol. The molecule has 0 aromatic carbocycles. The Morgan fingerprint density at radius 3 is 2.73 bits per heavy atom. The second-order valence-electron chi connectivity index (χ2n) is 4.99. The van der Waals surface area contributed by atoms with Crippen molar-refractivity contribution in [2.75, 3.05) is 25.6 Å². The molecule has 2 aromatic rings. The minimum atomic E-state index is -4.14. The van der Waals surface area contributed by atoms with Crippen molar-refractivity contribution in [1.82, 2.24) is 19.7 Å². The molecule has 2 aromatic heterocycles. The topological polar surface area (TPSA) is 142 Å². The summed E-state index contributed by atoms with van der Waals surface area (Å²) in [6.45, 7) is 2.31. The van der Waals surface area contributed by atoms with Crippen LogP contribution in [0.1, 0.15) is 17.7 Å². The minimum Gasteiger partial charge on any atom is -0.467 e. The van der Waals surface area contributed by atoms with E-state index in [1.807, 2.05) is 4.72 Å². The number of urea groups is 1. The van der Waals surface area contributed by atoms with E-state index in [1.54, 1.807) is 18.4 Å². The SMILES string of the molecule is COc1nc(C)nc(NC(=O)NS(=O)(=O)c2sccc2C2OCCO2)n1. The van der Waals surface area contributed by atoms with Gasteiger partial charge in [0.15, 0.2) is 6.29 Å². The number of amides is 2. The summed E-state index contributed by atoms with van der Waals surface area (Å²) in [6, 6.07) is 0.546. The predicted molar refractivity (Wildman–Crippen MR) is 89.4 cm³/mol. The second kappa shape index (κ2) is 7.49. The van der Waals surface area contributed by atoms with E-state index in [1.165, 1.54) is 7.11 Å². The molecule has 0 radical (unpaired) electrons. The molecule has 0 spiro atoms. The molecule has 0 bridgehead atoms. The van der Waals surface area contributed by atoms with Gasteiger partial charge in [-0.15, -0.1) is 11.3 Å². The molecular weight excluding hydrogens is 386 g/mol. The predicted octanol–water partition coefficient (Wildman–Crippen LogP) is 0.806. The van der Waals surface area contributed by atoms with Crippen molar-refractivity contribution in [1.29, 1.82) is 0 Å². The Bertz CT molecular complexity index is 909. The molecule has 0 unspecified atom stereocenters. The van der Waals surface area contributed by atoms with E-state index in [2.05, 4.69) is 20.3 Å². The van der Waals surface area contributed by atoms with E-state index >= 15 is 0 Å². The van der Waals surface area contributed by atoms with E-state index in [0.29, 0.717) is 24.6 Å². The van der Waals surface area contributed by atoms with Gasteiger partial charge in [0.05, 0.1) is 20.3 Å². The molecule has 1 saturated heterocycles. The van der Waals surface area contributed by atoms with Crippen LogP contribution in [0.5, 0.6) is 6.01 Å². The first-order valence-electron chi connectivity index (χ1n) is 7.30. The number of sulfonamides is 1. The number of methoxy groups -OCH3 is 1. The zero-order chi connectivity index (χ0) is 18.7. The third kappa shape index (κ3) is 4.07. The van der Waals surface area contributed by atoms with E-state index in [9.17, 15) is 13.2 Å². The Morgan fingerprint density at radius 1 is 1.31 bits per heavy atom. The number of aryl methyl sites for hydroxylation is 1. The van der Waals surface area contributed by atoms with E-state index in [-0.39, 0.29) is 16.2 Å². The van der Waals surface area contributed by atoms with Crippen molar-refractivity contribution in [2.45, 2.75) is 17.4 Å². The number of thiophene rings is 1. The lowest BCUT2D eigenvalue weighted by Crippen LogP contribution is -2.35. The number of carbonyl (C=O) groups is 1. The summed E-state index contributed by atoms with van der Waals surface area (Å²) in [5.41, 5.74) is 0.338. The molecule has 1 aliphatic rings. The molecule has 2 amide bonds. The number of anilines is 1. The third-order valence-electron chi connectivity index (χ3n) is 3.14. The van der Waals surface area contributed by atoms with E-state index in [4.69, 9.17) is 14.2 Å². The summed E-state index contributed by atoms with van der Waals surface area (Å²) in [5.74, 6) is 0.155. The molecule has 0 atom stereocenters. The van der Waals surface area contributed by atoms with Gasteiger partial charge in [0.1, 0.15) is 10.0 Å². The molecule has 140 valence electrons. The van der Waals surface area contributed by atoms with Crippen molar-refractivity contribution in [2.24, 2.45) is 0 Å². The van der Waals surface area contributed by atoms with Gasteiger partial charge in [-0.1, -0.05) is 0 Å². The average molecular weight is 401 g/mol. The zero-order valence-electron chi connectivity index (χ0n) is 13.8. The fourth-order valence-corrected chi connectivity index (χ4v) is 4.44. The van der Waals surface area contributed by atoms with Gasteiger partial charge in [-0.3, -0.25) is 5.32 Å². The van der Waals surface area contributed by atoms with Gasteiger partial charge in [0.25, 0.3) is 10.0 Å². The number of nitrogens with zero attached hydrogens (tertiary/aromatic N) is 3. The van der Waals surface area contributed by atoms with Crippen LogP contribution in [0, 0.1) is 6.92 Å². The first kappa shape index (κ1) is 18.4. The van der Waals surface area contributed by atoms with Gasteiger partial charge in [-0.2, -0.15) is 15.0 Å². The summed E-state index contributed by atoms with van der Waals surface area (Å²) >= 11 is 0.948. The fraction of sp³-hybridized carbons (Fsp3) is 0.385. The largest absolute Gasteiger partial charge is 0.467 e. The number of carbonyl (C=O) groups excluding carboxylic acids is 1. The Kier molecular flexibility index (Phi) is 5.31. The van der Waals surface area contributed by atoms with Crippen molar-refractivity contribution in [3.8, 4) is 6.01 Å². The van der Waals surface area contributed by atoms with Gasteiger partial charge >= 0.3 is 12.0 Å². The van der Waals surface area contributed by atoms with Crippen molar-refractivity contribution in [3.05, 3.63) is 22.8 Å². The molecule has 0 aliphatic carbocycles. The first-order chi connectivity index (χ1) is 12.4. The fourth-order valence-electron chi connectivity index (χ4n) is 2.14. The van der Waals surface area contributed by atoms with Crippen LogP contribution in [-0.4, -0.2) is 49.7 Å². The van der Waals surface area contributed by atoms with Crippen LogP contribution in [-0.2, 0) is 19.5 Å². The Hall–Kier alpha value is -2.35. The van der Waals surface area contributed by atoms with Gasteiger partial charge in [-0.25, -0.2) is 17.9 Å². The Balaban J connectivity index is 1.75. The molecule has 1 fully saturated rings. The number of rotatable bonds is 5. The summed E-state index contributed by atoms with van der Waals surface area (Å²) in [6.07, 6.45) is -0.772. The van der Waals surface area contributed by atoms with E-state index in [0.717, 1.165) is 11.3 Å². The lowest BCUT2D eigenvalue weighted by molar-refractivity contribution is -0.0456. The lowest BCUT2D eigenvalue weighted by atomic mass is 10.3. The van der Waals surface area contributed by atoms with Crippen LogP contribution in [0.25, 0.3) is 0 Å². The van der Waals surface area contributed by atoms with Crippen LogP contribution in [0.15, 0.2) is 15.7 Å². The maximum atomic E-state index is 12.5. The second-order valence-corrected chi connectivity index (χ2v) is 7.78. The highest BCUT2D eigenvalue weighted by molar-refractivity contribution is 7.92. The zero-order valence-corrected chi connectivity index (χ0v) is 15.4. The molecular formula is C13H15N5O6S2. The standard InChI is InChI=1S/C13H15N5O6S2/c1-7-14-11(17-13(15-7)22-2)16-12(19)18-26(20,21)10-8(3-6-25-10)9-23-4-5-24-9/h3,6,9H,4-5H2,1-2H3,(H2,14,15,16,17,18,19). The van der Waals surface area contributed by atoms with Gasteiger partial charge < -0.3 is 14.2 Å². The molecule has 3 heterocycles. The smallest absolute Gasteiger partial charge is 0.335 e. The molecule has 11 nitrogen and oxygen atoms in total. The first-order valence-corrected chi connectivity index (χ1v) is 9.66. The number of hydrogen-bond acceptors (Lipinski definition) is 10. The number of aromatic nitrogens is 3. The van der Waals surface area contributed by atoms with Crippen molar-refractivity contribution >= 4 is 33.3 Å². The molecule has 0 saturated carbocycles. The molecule has 2 N–H and O–H groups in total. The minimum absolute atomic E-state index is 0.00766. The summed E-state index contributed by atoms with van der Waals surface area (Å²) in [7, 11) is -2.78. The van der Waals surface area contributed by atoms with Gasteiger partial charge in [0.2, 0.25) is 5.95 Å². The highest BCUT2D eigenvalue weighted by Crippen LogP contribution is 2.32. The molecule has 3 rings (SSSR count). The maximum Gasteiger partial charge on any atom is 0.335 e. The molecule has 1 aliphatic heterocycles. The number of ether oxygens (including phenoxy) is 3. The molecule has 26 heavy (non-hydrogen) atoms. The highest BCUT2D eigenvalue weighted by Gasteiger charge is 2.30. The number of hydrogen-bond donors (Lipinski definition) is 2. The Morgan fingerprint density at radius 2 is 2.04 bits per heavy atom. The van der Waals surface area contributed by atoms with Crippen LogP contribution in [0.3, 0.4) is 0 Å². The summed E-state index contributed by atoms with van der Waals surface area (Å²) < 4.78 is 42.4. The average Bonchev–Trinajstić information content (AvgIpc) is 3.24. The summed E-state index contributed by atoms with van der Waals surface area (Å²) in [5, 5.41) is 3.81. The highest BCUT2D eigenvalue weighted by atomic mass is 32.2. The normalized spacial score (nSPS) is 15.0. The third-order valence-corrected chi connectivity index (χ3v) is 5.99.